The maximum absolute atomic E-state index is 5.78. The van der Waals surface area contributed by atoms with Crippen molar-refractivity contribution in [2.75, 3.05) is 26.4 Å². The predicted octanol–water partition coefficient (Wildman–Crippen LogP) is 2.33. The van der Waals surface area contributed by atoms with E-state index in [1.165, 1.54) is 30.4 Å². The highest BCUT2D eigenvalue weighted by molar-refractivity contribution is 5.30. The predicted molar refractivity (Wildman–Crippen MR) is 80.1 cm³/mol. The number of ether oxygens (including phenoxy) is 2. The van der Waals surface area contributed by atoms with Crippen molar-refractivity contribution in [1.82, 2.24) is 5.32 Å². The normalized spacial score (nSPS) is 25.6. The third kappa shape index (κ3) is 3.81. The molecule has 1 aliphatic heterocycles. The van der Waals surface area contributed by atoms with Crippen molar-refractivity contribution >= 4 is 0 Å². The molecule has 1 heterocycles. The highest BCUT2D eigenvalue weighted by Gasteiger charge is 2.18. The van der Waals surface area contributed by atoms with Gasteiger partial charge in [0.2, 0.25) is 0 Å². The first kappa shape index (κ1) is 14.1. The van der Waals surface area contributed by atoms with E-state index in [9.17, 15) is 0 Å². The monoisotopic (exact) mass is 275 g/mol. The van der Waals surface area contributed by atoms with Crippen molar-refractivity contribution in [3.63, 3.8) is 0 Å². The summed E-state index contributed by atoms with van der Waals surface area (Å²) in [7, 11) is 0. The highest BCUT2D eigenvalue weighted by atomic mass is 16.5. The van der Waals surface area contributed by atoms with Crippen molar-refractivity contribution in [3.05, 3.63) is 35.4 Å². The van der Waals surface area contributed by atoms with Crippen molar-refractivity contribution < 1.29 is 9.47 Å². The maximum Gasteiger partial charge on any atom is 0.0830 e. The molecule has 3 heteroatoms. The first-order valence-corrected chi connectivity index (χ1v) is 7.91. The summed E-state index contributed by atoms with van der Waals surface area (Å²) in [6, 6.07) is 9.48. The molecule has 0 amide bonds. The zero-order valence-corrected chi connectivity index (χ0v) is 12.1. The number of nitrogens with one attached hydrogen (secondary N) is 1. The van der Waals surface area contributed by atoms with Crippen LogP contribution < -0.4 is 5.32 Å². The van der Waals surface area contributed by atoms with Gasteiger partial charge in [-0.1, -0.05) is 24.3 Å². The molecule has 2 aliphatic rings. The first-order chi connectivity index (χ1) is 9.92. The van der Waals surface area contributed by atoms with Crippen LogP contribution in [0.25, 0.3) is 0 Å². The summed E-state index contributed by atoms with van der Waals surface area (Å²) < 4.78 is 11.1. The third-order valence-corrected chi connectivity index (χ3v) is 4.34. The molecule has 1 N–H and O–H groups in total. The Morgan fingerprint density at radius 3 is 2.95 bits per heavy atom. The number of aryl methyl sites for hydroxylation is 1. The number of fused-ring (bicyclic) bond motifs is 1. The summed E-state index contributed by atoms with van der Waals surface area (Å²) in [5.41, 5.74) is 3.06. The van der Waals surface area contributed by atoms with Crippen LogP contribution in [-0.2, 0) is 22.3 Å². The Kier molecular flexibility index (Phi) is 5.06. The molecule has 3 nitrogen and oxygen atoms in total. The summed E-state index contributed by atoms with van der Waals surface area (Å²) >= 11 is 0. The van der Waals surface area contributed by atoms with E-state index in [2.05, 4.69) is 29.6 Å². The van der Waals surface area contributed by atoms with E-state index in [1.54, 1.807) is 0 Å². The van der Waals surface area contributed by atoms with E-state index in [1.807, 2.05) is 0 Å². The molecule has 0 radical (unpaired) electrons. The quantitative estimate of drug-likeness (QED) is 0.808. The minimum Gasteiger partial charge on any atom is -0.379 e. The molecule has 1 aromatic rings. The van der Waals surface area contributed by atoms with Gasteiger partial charge in [0, 0.05) is 19.3 Å². The Bertz CT molecular complexity index is 415. The van der Waals surface area contributed by atoms with Crippen LogP contribution in [0.15, 0.2) is 24.3 Å². The van der Waals surface area contributed by atoms with Crippen LogP contribution in [0.4, 0.5) is 0 Å². The van der Waals surface area contributed by atoms with Crippen molar-refractivity contribution in [2.45, 2.75) is 44.2 Å². The molecule has 1 aromatic carbocycles. The van der Waals surface area contributed by atoms with E-state index < -0.39 is 0 Å². The zero-order chi connectivity index (χ0) is 13.6. The fourth-order valence-electron chi connectivity index (χ4n) is 3.14. The van der Waals surface area contributed by atoms with Crippen molar-refractivity contribution in [2.24, 2.45) is 0 Å². The second-order valence-corrected chi connectivity index (χ2v) is 5.87. The van der Waals surface area contributed by atoms with E-state index in [4.69, 9.17) is 9.47 Å². The molecule has 0 spiro atoms. The van der Waals surface area contributed by atoms with Crippen molar-refractivity contribution in [1.29, 1.82) is 0 Å². The molecule has 0 unspecified atom stereocenters. The fraction of sp³-hybridized carbons (Fsp3) is 0.647. The first-order valence-electron chi connectivity index (χ1n) is 7.91. The lowest BCUT2D eigenvalue weighted by atomic mass is 9.88. The molecule has 0 saturated carbocycles. The highest BCUT2D eigenvalue weighted by Crippen LogP contribution is 2.20. The Morgan fingerprint density at radius 1 is 1.20 bits per heavy atom. The van der Waals surface area contributed by atoms with Crippen LogP contribution in [0.1, 0.15) is 30.4 Å². The Labute approximate surface area is 121 Å². The van der Waals surface area contributed by atoms with Gasteiger partial charge in [-0.2, -0.15) is 0 Å². The van der Waals surface area contributed by atoms with Crippen molar-refractivity contribution in [3.8, 4) is 0 Å². The Balaban J connectivity index is 1.31. The van der Waals surface area contributed by atoms with Gasteiger partial charge in [-0.25, -0.2) is 0 Å². The maximum atomic E-state index is 5.78. The van der Waals surface area contributed by atoms with Crippen LogP contribution in [0.2, 0.25) is 0 Å². The lowest BCUT2D eigenvalue weighted by Crippen LogP contribution is -2.35. The number of hydrogen-bond donors (Lipinski definition) is 1. The number of rotatable bonds is 6. The van der Waals surface area contributed by atoms with Gasteiger partial charge in [-0.3, -0.25) is 0 Å². The molecule has 0 bridgehead atoms. The van der Waals surface area contributed by atoms with Gasteiger partial charge in [0.15, 0.2) is 0 Å². The standard InChI is InChI=1S/C17H25NO2/c1-2-5-15-12-16(7-6-14(15)4-1)18-9-3-10-20-17-8-11-19-13-17/h1-2,4-5,16-18H,3,6-13H2/t16-,17+/m0/s1. The smallest absolute Gasteiger partial charge is 0.0830 e. The molecular formula is C17H25NO2. The van der Waals surface area contributed by atoms with E-state index in [0.717, 1.165) is 39.2 Å². The summed E-state index contributed by atoms with van der Waals surface area (Å²) in [4.78, 5) is 0. The second kappa shape index (κ2) is 7.21. The summed E-state index contributed by atoms with van der Waals surface area (Å²) in [5.74, 6) is 0. The van der Waals surface area contributed by atoms with Gasteiger partial charge in [-0.15, -0.1) is 0 Å². The van der Waals surface area contributed by atoms with E-state index in [-0.39, 0.29) is 0 Å². The average Bonchev–Trinajstić information content (AvgIpc) is 3.00. The number of benzene rings is 1. The van der Waals surface area contributed by atoms with Crippen LogP contribution in [0.5, 0.6) is 0 Å². The minimum absolute atomic E-state index is 0.344. The lowest BCUT2D eigenvalue weighted by Gasteiger charge is -2.25. The average molecular weight is 275 g/mol. The van der Waals surface area contributed by atoms with Gasteiger partial charge >= 0.3 is 0 Å². The molecule has 1 saturated heterocycles. The van der Waals surface area contributed by atoms with Crippen LogP contribution in [-0.4, -0.2) is 38.5 Å². The molecule has 3 rings (SSSR count). The second-order valence-electron chi connectivity index (χ2n) is 5.87. The topological polar surface area (TPSA) is 30.5 Å². The third-order valence-electron chi connectivity index (χ3n) is 4.34. The summed E-state index contributed by atoms with van der Waals surface area (Å²) in [6.45, 7) is 3.56. The Morgan fingerprint density at radius 2 is 2.10 bits per heavy atom. The van der Waals surface area contributed by atoms with Gasteiger partial charge in [-0.05, 0) is 49.8 Å². The van der Waals surface area contributed by atoms with E-state index >= 15 is 0 Å². The Hall–Kier alpha value is -0.900. The van der Waals surface area contributed by atoms with Crippen LogP contribution in [0, 0.1) is 0 Å². The van der Waals surface area contributed by atoms with Crippen LogP contribution in [0.3, 0.4) is 0 Å². The van der Waals surface area contributed by atoms with Gasteiger partial charge in [0.1, 0.15) is 0 Å². The summed E-state index contributed by atoms with van der Waals surface area (Å²) in [5, 5.41) is 3.68. The molecule has 20 heavy (non-hydrogen) atoms. The fourth-order valence-corrected chi connectivity index (χ4v) is 3.14. The minimum atomic E-state index is 0.344. The zero-order valence-electron chi connectivity index (χ0n) is 12.1. The molecule has 110 valence electrons. The molecule has 2 atom stereocenters. The SMILES string of the molecule is c1ccc2c(c1)CC[C@H](NCCCO[C@@H]1CCOC1)C2. The lowest BCUT2D eigenvalue weighted by molar-refractivity contribution is 0.0413. The van der Waals surface area contributed by atoms with Gasteiger partial charge < -0.3 is 14.8 Å². The van der Waals surface area contributed by atoms with Gasteiger partial charge in [0.05, 0.1) is 12.7 Å². The van der Waals surface area contributed by atoms with Gasteiger partial charge in [0.25, 0.3) is 0 Å². The summed E-state index contributed by atoms with van der Waals surface area (Å²) in [6.07, 6.45) is 6.14. The molecular weight excluding hydrogens is 250 g/mol. The largest absolute Gasteiger partial charge is 0.379 e. The number of hydrogen-bond acceptors (Lipinski definition) is 3. The molecule has 0 aromatic heterocycles. The molecule has 1 aliphatic carbocycles. The van der Waals surface area contributed by atoms with E-state index in [0.29, 0.717) is 12.1 Å². The molecule has 1 fully saturated rings. The van der Waals surface area contributed by atoms with Crippen LogP contribution >= 0.6 is 0 Å².